The van der Waals surface area contributed by atoms with E-state index in [9.17, 15) is 26.7 Å². The second-order valence-corrected chi connectivity index (χ2v) is 12.4. The predicted molar refractivity (Wildman–Crippen MR) is 139 cm³/mol. The third kappa shape index (κ3) is 5.68. The molecule has 0 unspecified atom stereocenters. The molecular formula is C22H30N4O8S3. The zero-order valence-electron chi connectivity index (χ0n) is 21.1. The van der Waals surface area contributed by atoms with E-state index in [2.05, 4.69) is 15.0 Å². The summed E-state index contributed by atoms with van der Waals surface area (Å²) < 4.78 is 66.9. The van der Waals surface area contributed by atoms with Gasteiger partial charge >= 0.3 is 5.97 Å². The van der Waals surface area contributed by atoms with E-state index in [4.69, 9.17) is 9.15 Å². The van der Waals surface area contributed by atoms with Crippen LogP contribution in [-0.2, 0) is 29.6 Å². The maximum Gasteiger partial charge on any atom is 0.354 e. The Hall–Kier alpha value is -2.88. The second kappa shape index (κ2) is 11.2. The van der Waals surface area contributed by atoms with E-state index in [0.29, 0.717) is 17.9 Å². The lowest BCUT2D eigenvalue weighted by Gasteiger charge is -2.19. The van der Waals surface area contributed by atoms with Gasteiger partial charge in [0.05, 0.1) is 18.3 Å². The molecule has 3 N–H and O–H groups in total. The number of anilines is 1. The van der Waals surface area contributed by atoms with Gasteiger partial charge in [0, 0.05) is 18.5 Å². The molecule has 0 bridgehead atoms. The highest BCUT2D eigenvalue weighted by Crippen LogP contribution is 2.41. The minimum atomic E-state index is -4.48. The van der Waals surface area contributed by atoms with Crippen molar-refractivity contribution in [3.05, 3.63) is 39.6 Å². The first-order chi connectivity index (χ1) is 17.4. The summed E-state index contributed by atoms with van der Waals surface area (Å²) in [6.45, 7) is 8.77. The zero-order valence-corrected chi connectivity index (χ0v) is 23.5. The minimum Gasteiger partial charge on any atom is -0.504 e. The molecular weight excluding hydrogens is 544 g/mol. The summed E-state index contributed by atoms with van der Waals surface area (Å²) >= 11 is 0.759. The van der Waals surface area contributed by atoms with Gasteiger partial charge in [-0.15, -0.1) is 15.7 Å². The number of amidine groups is 1. The van der Waals surface area contributed by atoms with Gasteiger partial charge in [-0.2, -0.15) is 12.7 Å². The second-order valence-electron chi connectivity index (χ2n) is 7.89. The highest BCUT2D eigenvalue weighted by Gasteiger charge is 2.40. The number of nitrogens with one attached hydrogen (secondary N) is 2. The summed E-state index contributed by atoms with van der Waals surface area (Å²) in [6, 6.07) is 2.99. The van der Waals surface area contributed by atoms with E-state index in [-0.39, 0.29) is 41.1 Å². The monoisotopic (exact) mass is 574 g/mol. The fourth-order valence-corrected chi connectivity index (χ4v) is 7.65. The maximum atomic E-state index is 13.0. The molecule has 1 aliphatic heterocycles. The molecule has 15 heteroatoms. The van der Waals surface area contributed by atoms with Crippen LogP contribution in [0.4, 0.5) is 5.69 Å². The van der Waals surface area contributed by atoms with Gasteiger partial charge in [-0.3, -0.25) is 0 Å². The molecule has 0 saturated heterocycles. The van der Waals surface area contributed by atoms with Crippen molar-refractivity contribution in [2.45, 2.75) is 51.3 Å². The van der Waals surface area contributed by atoms with E-state index in [1.807, 2.05) is 6.92 Å². The van der Waals surface area contributed by atoms with Crippen molar-refractivity contribution in [2.75, 3.05) is 25.0 Å². The van der Waals surface area contributed by atoms with Crippen LogP contribution in [0.15, 0.2) is 41.1 Å². The van der Waals surface area contributed by atoms with Gasteiger partial charge in [-0.25, -0.2) is 13.2 Å². The number of carbonyl (C=O) groups is 1. The zero-order chi connectivity index (χ0) is 27.5. The summed E-state index contributed by atoms with van der Waals surface area (Å²) in [6.07, 6.45) is 0.476. The molecule has 2 aromatic heterocycles. The van der Waals surface area contributed by atoms with Crippen molar-refractivity contribution in [3.8, 4) is 5.75 Å². The van der Waals surface area contributed by atoms with E-state index >= 15 is 0 Å². The van der Waals surface area contributed by atoms with Crippen molar-refractivity contribution in [1.29, 1.82) is 0 Å². The Balaban J connectivity index is 2.08. The normalized spacial score (nSPS) is 16.1. The van der Waals surface area contributed by atoms with Crippen LogP contribution in [-0.4, -0.2) is 57.7 Å². The number of hydrogen-bond acceptors (Lipinski definition) is 11. The van der Waals surface area contributed by atoms with Gasteiger partial charge in [-0.05, 0) is 32.4 Å². The first kappa shape index (κ1) is 28.7. The third-order valence-corrected chi connectivity index (χ3v) is 10.3. The maximum absolute atomic E-state index is 13.0. The van der Waals surface area contributed by atoms with Gasteiger partial charge in [-0.1, -0.05) is 20.8 Å². The Morgan fingerprint density at radius 2 is 1.92 bits per heavy atom. The number of nitrogens with zero attached hydrogens (tertiary/aromatic N) is 2. The average molecular weight is 575 g/mol. The quantitative estimate of drug-likeness (QED) is 0.339. The van der Waals surface area contributed by atoms with Crippen molar-refractivity contribution in [2.24, 2.45) is 4.40 Å². The number of esters is 1. The van der Waals surface area contributed by atoms with Gasteiger partial charge in [0.25, 0.3) is 20.0 Å². The lowest BCUT2D eigenvalue weighted by atomic mass is 10.1. The van der Waals surface area contributed by atoms with E-state index in [1.165, 1.54) is 16.6 Å². The molecule has 3 heterocycles. The Morgan fingerprint density at radius 1 is 1.24 bits per heavy atom. The molecule has 1 atom stereocenters. The molecule has 1 aliphatic rings. The lowest BCUT2D eigenvalue weighted by Crippen LogP contribution is -2.31. The summed E-state index contributed by atoms with van der Waals surface area (Å²) in [4.78, 5) is 11.9. The van der Waals surface area contributed by atoms with Crippen LogP contribution in [0.1, 0.15) is 51.7 Å². The standard InChI is InChI=1S/C22H30N4O8S3/c1-6-14(16-11-10-13(5)34-16)24-20-17(19(21(28)33-9-4)36(29,30)25-20)23-15-12-35-22(18(15)27)37(31,32)26(7-2)8-3/h10-12,14,23,27H,6-9H2,1-5H3,(H,24,25)/t14-/m1/s1. The number of hydrogen-bond donors (Lipinski definition) is 3. The Morgan fingerprint density at radius 3 is 2.46 bits per heavy atom. The third-order valence-electron chi connectivity index (χ3n) is 5.49. The first-order valence-electron chi connectivity index (χ1n) is 11.6. The minimum absolute atomic E-state index is 0.0902. The summed E-state index contributed by atoms with van der Waals surface area (Å²) in [7, 11) is -8.48. The number of thiophene rings is 1. The van der Waals surface area contributed by atoms with Crippen molar-refractivity contribution in [3.63, 3.8) is 0 Å². The Bertz CT molecular complexity index is 1430. The number of furan rings is 1. The number of aromatic hydroxyl groups is 1. The largest absolute Gasteiger partial charge is 0.504 e. The van der Waals surface area contributed by atoms with E-state index < -0.39 is 42.7 Å². The van der Waals surface area contributed by atoms with Crippen molar-refractivity contribution < 1.29 is 35.9 Å². The fourth-order valence-electron chi connectivity index (χ4n) is 3.67. The van der Waals surface area contributed by atoms with Crippen LogP contribution in [0, 0.1) is 6.92 Å². The molecule has 0 fully saturated rings. The van der Waals surface area contributed by atoms with Crippen LogP contribution >= 0.6 is 11.3 Å². The number of sulfonamides is 2. The average Bonchev–Trinajstić information content (AvgIpc) is 3.49. The van der Waals surface area contributed by atoms with Gasteiger partial charge < -0.3 is 24.9 Å². The van der Waals surface area contributed by atoms with Crippen LogP contribution in [0.2, 0.25) is 0 Å². The molecule has 12 nitrogen and oxygen atoms in total. The van der Waals surface area contributed by atoms with Crippen LogP contribution in [0.3, 0.4) is 0 Å². The number of ether oxygens (including phenoxy) is 1. The lowest BCUT2D eigenvalue weighted by molar-refractivity contribution is -0.137. The van der Waals surface area contributed by atoms with Crippen LogP contribution in [0.5, 0.6) is 5.75 Å². The van der Waals surface area contributed by atoms with Gasteiger partial charge in [0.2, 0.25) is 4.91 Å². The van der Waals surface area contributed by atoms with Crippen molar-refractivity contribution in [1.82, 2.24) is 9.62 Å². The molecule has 0 aliphatic carbocycles. The van der Waals surface area contributed by atoms with Gasteiger partial charge in [0.1, 0.15) is 17.2 Å². The molecule has 0 saturated carbocycles. The van der Waals surface area contributed by atoms with Crippen molar-refractivity contribution >= 4 is 48.9 Å². The highest BCUT2D eigenvalue weighted by molar-refractivity contribution is 7.95. The molecule has 37 heavy (non-hydrogen) atoms. The Kier molecular flexibility index (Phi) is 8.72. The van der Waals surface area contributed by atoms with Crippen LogP contribution in [0.25, 0.3) is 0 Å². The molecule has 3 rings (SSSR count). The molecule has 0 aromatic carbocycles. The van der Waals surface area contributed by atoms with Crippen LogP contribution < -0.4 is 10.6 Å². The molecule has 0 spiro atoms. The van der Waals surface area contributed by atoms with E-state index in [0.717, 1.165) is 11.3 Å². The topological polar surface area (TPSA) is 168 Å². The first-order valence-corrected chi connectivity index (χ1v) is 15.3. The number of aryl methyl sites for hydroxylation is 1. The van der Waals surface area contributed by atoms with Gasteiger partial charge in [0.15, 0.2) is 15.8 Å². The smallest absolute Gasteiger partial charge is 0.354 e. The SMILES string of the molecule is CCOC(=O)C1=C(Nc2csc(S(=O)(=O)N(CC)CC)c2O)C(N[C@H](CC)c2ccc(C)o2)=NS1(=O)=O. The summed E-state index contributed by atoms with van der Waals surface area (Å²) in [5.41, 5.74) is -0.388. The molecule has 0 amide bonds. The number of carbonyl (C=O) groups excluding carboxylic acids is 1. The number of rotatable bonds is 11. The molecule has 2 aromatic rings. The molecule has 0 radical (unpaired) electrons. The molecule has 204 valence electrons. The fraction of sp³-hybridized carbons (Fsp3) is 0.455. The summed E-state index contributed by atoms with van der Waals surface area (Å²) in [5.74, 6) is -0.775. The van der Waals surface area contributed by atoms with E-state index in [1.54, 1.807) is 32.9 Å². The summed E-state index contributed by atoms with van der Waals surface area (Å²) in [5, 5.41) is 17.8. The highest BCUT2D eigenvalue weighted by atomic mass is 32.2. The predicted octanol–water partition coefficient (Wildman–Crippen LogP) is 3.06. The Labute approximate surface area is 220 Å².